The lowest BCUT2D eigenvalue weighted by molar-refractivity contribution is -0.119. The van der Waals surface area contributed by atoms with Gasteiger partial charge in [0.25, 0.3) is 0 Å². The predicted octanol–water partition coefficient (Wildman–Crippen LogP) is 4.48. The minimum Gasteiger partial charge on any atom is -0.374 e. The summed E-state index contributed by atoms with van der Waals surface area (Å²) >= 11 is 3.38. The first-order chi connectivity index (χ1) is 11.8. The van der Waals surface area contributed by atoms with Crippen molar-refractivity contribution in [2.75, 3.05) is 16.0 Å². The number of carbonyl (C=O) groups is 2. The Morgan fingerprint density at radius 1 is 0.840 bits per heavy atom. The average Bonchev–Trinajstić information content (AvgIpc) is 2.56. The quantitative estimate of drug-likeness (QED) is 0.665. The molecular formula is C19H22BrN3O2. The predicted molar refractivity (Wildman–Crippen MR) is 106 cm³/mol. The van der Waals surface area contributed by atoms with E-state index in [1.54, 1.807) is 6.92 Å². The van der Waals surface area contributed by atoms with Crippen molar-refractivity contribution in [3.63, 3.8) is 0 Å². The van der Waals surface area contributed by atoms with Crippen LogP contribution in [0.5, 0.6) is 0 Å². The molecule has 6 heteroatoms. The summed E-state index contributed by atoms with van der Waals surface area (Å²) in [5.41, 5.74) is 2.27. The molecule has 1 atom stereocenters. The topological polar surface area (TPSA) is 70.2 Å². The maximum atomic E-state index is 12.3. The summed E-state index contributed by atoms with van der Waals surface area (Å²) in [4.78, 5) is 23.9. The van der Waals surface area contributed by atoms with Gasteiger partial charge in [-0.2, -0.15) is 0 Å². The molecule has 0 aliphatic rings. The smallest absolute Gasteiger partial charge is 0.246 e. The highest BCUT2D eigenvalue weighted by molar-refractivity contribution is 9.10. The summed E-state index contributed by atoms with van der Waals surface area (Å²) in [5, 5.41) is 8.84. The van der Waals surface area contributed by atoms with E-state index in [-0.39, 0.29) is 17.7 Å². The van der Waals surface area contributed by atoms with Gasteiger partial charge in [-0.3, -0.25) is 9.59 Å². The van der Waals surface area contributed by atoms with Gasteiger partial charge in [-0.25, -0.2) is 0 Å². The Morgan fingerprint density at radius 3 is 2.04 bits per heavy atom. The first kappa shape index (κ1) is 19.0. The molecule has 0 spiro atoms. The zero-order chi connectivity index (χ0) is 18.4. The van der Waals surface area contributed by atoms with Crippen molar-refractivity contribution in [3.8, 4) is 0 Å². The number of amides is 2. The molecule has 0 radical (unpaired) electrons. The molecule has 1 unspecified atom stereocenters. The Hall–Kier alpha value is -2.34. The van der Waals surface area contributed by atoms with Gasteiger partial charge in [-0.1, -0.05) is 35.8 Å². The maximum Gasteiger partial charge on any atom is 0.246 e. The lowest BCUT2D eigenvalue weighted by Crippen LogP contribution is -2.31. The van der Waals surface area contributed by atoms with Crippen LogP contribution in [0.1, 0.15) is 20.8 Å². The van der Waals surface area contributed by atoms with Crippen molar-refractivity contribution in [2.24, 2.45) is 5.92 Å². The van der Waals surface area contributed by atoms with Crippen molar-refractivity contribution < 1.29 is 9.59 Å². The molecular weight excluding hydrogens is 382 g/mol. The summed E-state index contributed by atoms with van der Waals surface area (Å²) in [7, 11) is 0. The molecule has 5 nitrogen and oxygen atoms in total. The molecule has 25 heavy (non-hydrogen) atoms. The molecule has 2 amide bonds. The Morgan fingerprint density at radius 2 is 1.44 bits per heavy atom. The van der Waals surface area contributed by atoms with Gasteiger partial charge >= 0.3 is 0 Å². The van der Waals surface area contributed by atoms with E-state index >= 15 is 0 Å². The van der Waals surface area contributed by atoms with E-state index in [2.05, 4.69) is 31.9 Å². The molecule has 0 bridgehead atoms. The molecule has 3 N–H and O–H groups in total. The van der Waals surface area contributed by atoms with Crippen LogP contribution in [0.15, 0.2) is 53.0 Å². The molecule has 0 saturated carbocycles. The zero-order valence-electron chi connectivity index (χ0n) is 14.5. The maximum absolute atomic E-state index is 12.3. The van der Waals surface area contributed by atoms with Crippen LogP contribution in [-0.4, -0.2) is 17.9 Å². The van der Waals surface area contributed by atoms with E-state index in [1.165, 1.54) is 0 Å². The Labute approximate surface area is 156 Å². The fourth-order valence-corrected chi connectivity index (χ4v) is 2.47. The van der Waals surface area contributed by atoms with Crippen LogP contribution in [0.25, 0.3) is 0 Å². The second-order valence-corrected chi connectivity index (χ2v) is 7.00. The third kappa shape index (κ3) is 5.90. The van der Waals surface area contributed by atoms with Crippen LogP contribution in [0.2, 0.25) is 0 Å². The summed E-state index contributed by atoms with van der Waals surface area (Å²) < 4.78 is 0.907. The molecule has 2 aromatic carbocycles. The first-order valence-corrected chi connectivity index (χ1v) is 8.88. The van der Waals surface area contributed by atoms with E-state index in [1.807, 2.05) is 62.4 Å². The third-order valence-corrected chi connectivity index (χ3v) is 4.04. The summed E-state index contributed by atoms with van der Waals surface area (Å²) in [6.45, 7) is 5.48. The van der Waals surface area contributed by atoms with Crippen molar-refractivity contribution in [3.05, 3.63) is 53.0 Å². The lowest BCUT2D eigenvalue weighted by atomic mass is 10.2. The standard InChI is InChI=1S/C19H22BrN3O2/c1-12(2)18(24)22-16-9-7-15(8-10-16)21-13(3)19(25)23-17-6-4-5-14(20)11-17/h4-13,21H,1-3H3,(H,22,24)(H,23,25). The highest BCUT2D eigenvalue weighted by Gasteiger charge is 2.13. The molecule has 132 valence electrons. The van der Waals surface area contributed by atoms with E-state index < -0.39 is 6.04 Å². The minimum absolute atomic E-state index is 0.0255. The Kier molecular flexibility index (Phi) is 6.58. The van der Waals surface area contributed by atoms with Gasteiger partial charge in [0.1, 0.15) is 6.04 Å². The van der Waals surface area contributed by atoms with Crippen LogP contribution in [0, 0.1) is 5.92 Å². The van der Waals surface area contributed by atoms with Gasteiger partial charge in [0.15, 0.2) is 0 Å². The first-order valence-electron chi connectivity index (χ1n) is 8.09. The second-order valence-electron chi connectivity index (χ2n) is 6.09. The zero-order valence-corrected chi connectivity index (χ0v) is 16.1. The number of hydrogen-bond donors (Lipinski definition) is 3. The number of halogens is 1. The average molecular weight is 404 g/mol. The second kappa shape index (κ2) is 8.67. The van der Waals surface area contributed by atoms with Crippen LogP contribution in [0.4, 0.5) is 17.1 Å². The summed E-state index contributed by atoms with van der Waals surface area (Å²) in [5.74, 6) is -0.225. The highest BCUT2D eigenvalue weighted by Crippen LogP contribution is 2.18. The van der Waals surface area contributed by atoms with E-state index in [9.17, 15) is 9.59 Å². The molecule has 2 rings (SSSR count). The molecule has 2 aromatic rings. The van der Waals surface area contributed by atoms with Crippen molar-refractivity contribution in [2.45, 2.75) is 26.8 Å². The highest BCUT2D eigenvalue weighted by atomic mass is 79.9. The van der Waals surface area contributed by atoms with Gasteiger partial charge < -0.3 is 16.0 Å². The SMILES string of the molecule is CC(C)C(=O)Nc1ccc(NC(C)C(=O)Nc2cccc(Br)c2)cc1. The lowest BCUT2D eigenvalue weighted by Gasteiger charge is -2.16. The van der Waals surface area contributed by atoms with Crippen molar-refractivity contribution >= 4 is 44.8 Å². The van der Waals surface area contributed by atoms with Crippen molar-refractivity contribution in [1.29, 1.82) is 0 Å². The Bertz CT molecular complexity index is 745. The number of anilines is 3. The van der Waals surface area contributed by atoms with Gasteiger partial charge in [0, 0.05) is 27.5 Å². The number of benzene rings is 2. The van der Waals surface area contributed by atoms with E-state index in [0.717, 1.165) is 21.5 Å². The molecule has 0 saturated heterocycles. The summed E-state index contributed by atoms with van der Waals surface area (Å²) in [6, 6.07) is 14.3. The van der Waals surface area contributed by atoms with Crippen LogP contribution in [0.3, 0.4) is 0 Å². The van der Waals surface area contributed by atoms with Crippen LogP contribution < -0.4 is 16.0 Å². The number of hydrogen-bond acceptors (Lipinski definition) is 3. The largest absolute Gasteiger partial charge is 0.374 e. The monoisotopic (exact) mass is 403 g/mol. The number of carbonyl (C=O) groups excluding carboxylic acids is 2. The van der Waals surface area contributed by atoms with Crippen LogP contribution >= 0.6 is 15.9 Å². The molecule has 0 aliphatic carbocycles. The van der Waals surface area contributed by atoms with Gasteiger partial charge in [-0.15, -0.1) is 0 Å². The number of nitrogens with one attached hydrogen (secondary N) is 3. The Balaban J connectivity index is 1.92. The van der Waals surface area contributed by atoms with Gasteiger partial charge in [0.2, 0.25) is 11.8 Å². The molecule has 0 fully saturated rings. The molecule has 0 heterocycles. The van der Waals surface area contributed by atoms with Gasteiger partial charge in [0.05, 0.1) is 0 Å². The van der Waals surface area contributed by atoms with E-state index in [0.29, 0.717) is 0 Å². The number of rotatable bonds is 6. The van der Waals surface area contributed by atoms with Crippen molar-refractivity contribution in [1.82, 2.24) is 0 Å². The molecule has 0 aromatic heterocycles. The summed E-state index contributed by atoms with van der Waals surface area (Å²) in [6.07, 6.45) is 0. The fourth-order valence-electron chi connectivity index (χ4n) is 2.07. The fraction of sp³-hybridized carbons (Fsp3) is 0.263. The van der Waals surface area contributed by atoms with Crippen LogP contribution in [-0.2, 0) is 9.59 Å². The molecule has 0 aliphatic heterocycles. The minimum atomic E-state index is -0.407. The normalized spacial score (nSPS) is 11.7. The van der Waals surface area contributed by atoms with E-state index in [4.69, 9.17) is 0 Å². The van der Waals surface area contributed by atoms with Gasteiger partial charge in [-0.05, 0) is 49.4 Å². The third-order valence-electron chi connectivity index (χ3n) is 3.55.